The minimum Gasteiger partial charge on any atom is -0.497 e. The highest BCUT2D eigenvalue weighted by molar-refractivity contribution is 5.94. The fraction of sp³-hybridized carbons (Fsp3) is 0.190. The molecule has 0 radical (unpaired) electrons. The molecule has 0 saturated heterocycles. The quantitative estimate of drug-likeness (QED) is 0.474. The first-order valence-corrected chi connectivity index (χ1v) is 9.15. The van der Waals surface area contributed by atoms with Gasteiger partial charge in [0.25, 0.3) is 17.2 Å². The van der Waals surface area contributed by atoms with E-state index in [0.29, 0.717) is 17.0 Å². The zero-order chi connectivity index (χ0) is 21.7. The van der Waals surface area contributed by atoms with E-state index in [9.17, 15) is 19.7 Å². The van der Waals surface area contributed by atoms with E-state index in [1.807, 2.05) is 12.1 Å². The number of rotatable bonds is 7. The van der Waals surface area contributed by atoms with Gasteiger partial charge in [-0.1, -0.05) is 6.07 Å². The lowest BCUT2D eigenvalue weighted by Crippen LogP contribution is -2.32. The van der Waals surface area contributed by atoms with Crippen molar-refractivity contribution in [3.05, 3.63) is 86.2 Å². The number of methoxy groups -OCH3 is 1. The van der Waals surface area contributed by atoms with E-state index < -0.39 is 10.8 Å². The third kappa shape index (κ3) is 4.69. The molecule has 0 aliphatic rings. The molecule has 9 heteroatoms. The Hall–Kier alpha value is -4.01. The Labute approximate surface area is 172 Å². The van der Waals surface area contributed by atoms with Gasteiger partial charge >= 0.3 is 0 Å². The molecule has 1 aromatic heterocycles. The lowest BCUT2D eigenvalue weighted by molar-refractivity contribution is -0.385. The van der Waals surface area contributed by atoms with Crippen molar-refractivity contribution >= 4 is 11.6 Å². The maximum absolute atomic E-state index is 12.3. The number of amides is 1. The lowest BCUT2D eigenvalue weighted by atomic mass is 10.1. The minimum absolute atomic E-state index is 0.118. The highest BCUT2D eigenvalue weighted by Crippen LogP contribution is 2.20. The van der Waals surface area contributed by atoms with E-state index in [2.05, 4.69) is 10.4 Å². The van der Waals surface area contributed by atoms with Gasteiger partial charge in [0.15, 0.2) is 0 Å². The minimum atomic E-state index is -0.528. The fourth-order valence-electron chi connectivity index (χ4n) is 2.85. The molecule has 9 nitrogen and oxygen atoms in total. The van der Waals surface area contributed by atoms with Gasteiger partial charge in [-0.15, -0.1) is 0 Å². The number of ether oxygens (including phenoxy) is 1. The second-order valence-electron chi connectivity index (χ2n) is 6.52. The van der Waals surface area contributed by atoms with Gasteiger partial charge in [-0.25, -0.2) is 4.68 Å². The van der Waals surface area contributed by atoms with Gasteiger partial charge < -0.3 is 10.1 Å². The standard InChI is InChI=1S/C21H20N4O5/c1-14-3-4-16(13-19(14)25(28)29)21(27)22-11-12-24-20(26)10-9-18(23-24)15-5-7-17(30-2)8-6-15/h3-10,13H,11-12H2,1-2H3,(H,22,27). The van der Waals surface area contributed by atoms with E-state index in [1.165, 1.54) is 28.9 Å². The Morgan fingerprint density at radius 2 is 1.90 bits per heavy atom. The Balaban J connectivity index is 1.68. The first kappa shape index (κ1) is 20.7. The first-order valence-electron chi connectivity index (χ1n) is 9.15. The van der Waals surface area contributed by atoms with E-state index in [4.69, 9.17) is 4.74 Å². The van der Waals surface area contributed by atoms with Crippen LogP contribution in [0.2, 0.25) is 0 Å². The van der Waals surface area contributed by atoms with Crippen LogP contribution in [0.15, 0.2) is 59.4 Å². The average Bonchev–Trinajstić information content (AvgIpc) is 2.75. The van der Waals surface area contributed by atoms with Gasteiger partial charge in [0, 0.05) is 35.4 Å². The second kappa shape index (κ2) is 8.99. The molecule has 1 heterocycles. The summed E-state index contributed by atoms with van der Waals surface area (Å²) in [5.74, 6) is 0.253. The van der Waals surface area contributed by atoms with Crippen LogP contribution in [0, 0.1) is 17.0 Å². The first-order chi connectivity index (χ1) is 14.4. The van der Waals surface area contributed by atoms with Crippen molar-refractivity contribution in [2.45, 2.75) is 13.5 Å². The van der Waals surface area contributed by atoms with Gasteiger partial charge in [0.1, 0.15) is 5.75 Å². The maximum Gasteiger partial charge on any atom is 0.273 e. The number of hydrogen-bond donors (Lipinski definition) is 1. The topological polar surface area (TPSA) is 116 Å². The number of nitro benzene ring substituents is 1. The predicted molar refractivity (Wildman–Crippen MR) is 111 cm³/mol. The maximum atomic E-state index is 12.3. The molecule has 0 fully saturated rings. The number of nitrogens with one attached hydrogen (secondary N) is 1. The Morgan fingerprint density at radius 1 is 1.17 bits per heavy atom. The third-order valence-corrected chi connectivity index (χ3v) is 4.53. The Bertz CT molecular complexity index is 1140. The van der Waals surface area contributed by atoms with E-state index in [-0.39, 0.29) is 29.9 Å². The zero-order valence-electron chi connectivity index (χ0n) is 16.5. The molecule has 3 aromatic rings. The third-order valence-electron chi connectivity index (χ3n) is 4.53. The van der Waals surface area contributed by atoms with Crippen LogP contribution in [0.4, 0.5) is 5.69 Å². The van der Waals surface area contributed by atoms with Crippen molar-refractivity contribution in [2.75, 3.05) is 13.7 Å². The van der Waals surface area contributed by atoms with Crippen molar-refractivity contribution in [1.82, 2.24) is 15.1 Å². The van der Waals surface area contributed by atoms with Crippen LogP contribution in [0.3, 0.4) is 0 Å². The number of nitro groups is 1. The summed E-state index contributed by atoms with van der Waals surface area (Å²) in [6.45, 7) is 1.90. The van der Waals surface area contributed by atoms with E-state index >= 15 is 0 Å². The monoisotopic (exact) mass is 408 g/mol. The normalized spacial score (nSPS) is 10.5. The smallest absolute Gasteiger partial charge is 0.273 e. The van der Waals surface area contributed by atoms with Gasteiger partial charge in [0.2, 0.25) is 0 Å². The summed E-state index contributed by atoms with van der Waals surface area (Å²) in [4.78, 5) is 34.9. The fourth-order valence-corrected chi connectivity index (χ4v) is 2.85. The molecule has 0 aliphatic carbocycles. The highest BCUT2D eigenvalue weighted by atomic mass is 16.6. The molecular formula is C21H20N4O5. The van der Waals surface area contributed by atoms with E-state index in [0.717, 1.165) is 5.56 Å². The number of carbonyl (C=O) groups excluding carboxylic acids is 1. The molecule has 0 spiro atoms. The van der Waals surface area contributed by atoms with Crippen LogP contribution < -0.4 is 15.6 Å². The van der Waals surface area contributed by atoms with Crippen LogP contribution in [-0.2, 0) is 6.54 Å². The summed E-state index contributed by atoms with van der Waals surface area (Å²) < 4.78 is 6.40. The van der Waals surface area contributed by atoms with Crippen LogP contribution in [-0.4, -0.2) is 34.3 Å². The number of aromatic nitrogens is 2. The summed E-state index contributed by atoms with van der Waals surface area (Å²) in [7, 11) is 1.58. The molecule has 0 unspecified atom stereocenters. The zero-order valence-corrected chi connectivity index (χ0v) is 16.5. The molecule has 30 heavy (non-hydrogen) atoms. The number of aryl methyl sites for hydroxylation is 1. The number of hydrogen-bond acceptors (Lipinski definition) is 6. The summed E-state index contributed by atoms with van der Waals surface area (Å²) in [6, 6.07) is 14.6. The van der Waals surface area contributed by atoms with Crippen molar-refractivity contribution in [1.29, 1.82) is 0 Å². The molecule has 0 atom stereocenters. The summed E-state index contributed by atoms with van der Waals surface area (Å²) in [6.07, 6.45) is 0. The summed E-state index contributed by atoms with van der Waals surface area (Å²) >= 11 is 0. The number of nitrogens with zero attached hydrogens (tertiary/aromatic N) is 3. The summed E-state index contributed by atoms with van der Waals surface area (Å²) in [5, 5.41) is 18.0. The second-order valence-corrected chi connectivity index (χ2v) is 6.52. The van der Waals surface area contributed by atoms with Gasteiger partial charge in [-0.2, -0.15) is 5.10 Å². The molecule has 1 N–H and O–H groups in total. The summed E-state index contributed by atoms with van der Waals surface area (Å²) in [5.41, 5.74) is 1.67. The Kier molecular flexibility index (Phi) is 6.21. The number of carbonyl (C=O) groups is 1. The van der Waals surface area contributed by atoms with Crippen molar-refractivity contribution in [2.24, 2.45) is 0 Å². The van der Waals surface area contributed by atoms with Crippen LogP contribution in [0.25, 0.3) is 11.3 Å². The van der Waals surface area contributed by atoms with Crippen LogP contribution in [0.1, 0.15) is 15.9 Å². The molecule has 0 saturated carbocycles. The molecule has 2 aromatic carbocycles. The largest absolute Gasteiger partial charge is 0.497 e. The van der Waals surface area contributed by atoms with Crippen LogP contribution >= 0.6 is 0 Å². The van der Waals surface area contributed by atoms with Crippen molar-refractivity contribution in [3.63, 3.8) is 0 Å². The molecule has 0 aliphatic heterocycles. The van der Waals surface area contributed by atoms with Crippen molar-refractivity contribution < 1.29 is 14.5 Å². The average molecular weight is 408 g/mol. The van der Waals surface area contributed by atoms with Crippen LogP contribution in [0.5, 0.6) is 5.75 Å². The van der Waals surface area contributed by atoms with Gasteiger partial charge in [-0.05, 0) is 43.3 Å². The van der Waals surface area contributed by atoms with Gasteiger partial charge in [-0.3, -0.25) is 19.7 Å². The molecule has 154 valence electrons. The number of benzene rings is 2. The lowest BCUT2D eigenvalue weighted by Gasteiger charge is -2.09. The molecule has 0 bridgehead atoms. The molecule has 3 rings (SSSR count). The van der Waals surface area contributed by atoms with Gasteiger partial charge in [0.05, 0.1) is 24.3 Å². The SMILES string of the molecule is COc1ccc(-c2ccc(=O)n(CCNC(=O)c3ccc(C)c([N+](=O)[O-])c3)n2)cc1. The Morgan fingerprint density at radius 3 is 2.57 bits per heavy atom. The molecule has 1 amide bonds. The predicted octanol–water partition coefficient (Wildman–Crippen LogP) is 2.57. The highest BCUT2D eigenvalue weighted by Gasteiger charge is 2.15. The van der Waals surface area contributed by atoms with E-state index in [1.54, 1.807) is 32.2 Å². The molecular weight excluding hydrogens is 388 g/mol. The van der Waals surface area contributed by atoms with Crippen molar-refractivity contribution in [3.8, 4) is 17.0 Å².